The summed E-state index contributed by atoms with van der Waals surface area (Å²) in [4.78, 5) is 21.8. The Morgan fingerprint density at radius 3 is 2.95 bits per heavy atom. The number of aryl methyl sites for hydroxylation is 1. The lowest BCUT2D eigenvalue weighted by Crippen LogP contribution is -2.08. The topological polar surface area (TPSA) is 77.6 Å². The zero-order chi connectivity index (χ0) is 15.7. The lowest BCUT2D eigenvalue weighted by molar-refractivity contribution is 0.100. The van der Waals surface area contributed by atoms with Crippen LogP contribution in [-0.4, -0.2) is 23.9 Å². The quantitative estimate of drug-likeness (QED) is 0.591. The fourth-order valence-corrected chi connectivity index (χ4v) is 3.46. The summed E-state index contributed by atoms with van der Waals surface area (Å²) < 4.78 is 5.16. The Labute approximate surface area is 131 Å². The van der Waals surface area contributed by atoms with Gasteiger partial charge in [-0.25, -0.2) is 9.98 Å². The molecule has 6 heteroatoms. The molecule has 0 fully saturated rings. The Balaban J connectivity index is 2.36. The van der Waals surface area contributed by atoms with Crippen molar-refractivity contribution < 1.29 is 9.53 Å². The SMILES string of the molecule is CCOC=Nc1c(C(N)=O)sc2nc3ccccc3c(C)c12. The van der Waals surface area contributed by atoms with Crippen LogP contribution in [0.2, 0.25) is 0 Å². The molecule has 0 radical (unpaired) electrons. The number of hydrogen-bond acceptors (Lipinski definition) is 5. The second kappa shape index (κ2) is 5.73. The van der Waals surface area contributed by atoms with Crippen LogP contribution < -0.4 is 5.73 Å². The molecule has 5 nitrogen and oxygen atoms in total. The molecule has 1 aromatic carbocycles. The largest absolute Gasteiger partial charge is 0.483 e. The first kappa shape index (κ1) is 14.5. The maximum atomic E-state index is 11.7. The fourth-order valence-electron chi connectivity index (χ4n) is 2.41. The molecule has 0 saturated heterocycles. The highest BCUT2D eigenvalue weighted by Gasteiger charge is 2.19. The van der Waals surface area contributed by atoms with Crippen LogP contribution in [-0.2, 0) is 4.74 Å². The highest BCUT2D eigenvalue weighted by Crippen LogP contribution is 2.40. The van der Waals surface area contributed by atoms with Crippen LogP contribution in [0.4, 0.5) is 5.69 Å². The smallest absolute Gasteiger partial charge is 0.261 e. The van der Waals surface area contributed by atoms with Crippen molar-refractivity contribution >= 4 is 50.5 Å². The van der Waals surface area contributed by atoms with Crippen LogP contribution in [0.25, 0.3) is 21.1 Å². The Kier molecular flexibility index (Phi) is 3.77. The lowest BCUT2D eigenvalue weighted by atomic mass is 10.1. The van der Waals surface area contributed by atoms with Crippen LogP contribution in [0.15, 0.2) is 29.3 Å². The number of aromatic nitrogens is 1. The number of primary amides is 1. The van der Waals surface area contributed by atoms with E-state index in [1.165, 1.54) is 17.7 Å². The summed E-state index contributed by atoms with van der Waals surface area (Å²) >= 11 is 1.26. The highest BCUT2D eigenvalue weighted by molar-refractivity contribution is 7.21. The minimum atomic E-state index is -0.505. The standard InChI is InChI=1S/C16H15N3O2S/c1-3-21-8-18-13-12-9(2)10-6-4-5-7-11(10)19-16(12)22-14(13)15(17)20/h4-8H,3H2,1-2H3,(H2,17,20). The first-order chi connectivity index (χ1) is 10.6. The maximum Gasteiger partial charge on any atom is 0.261 e. The molecule has 0 spiro atoms. The van der Waals surface area contributed by atoms with E-state index in [1.807, 2.05) is 38.1 Å². The van der Waals surface area contributed by atoms with Crippen molar-refractivity contribution in [3.8, 4) is 0 Å². The summed E-state index contributed by atoms with van der Waals surface area (Å²) in [5.74, 6) is -0.505. The third-order valence-electron chi connectivity index (χ3n) is 3.42. The molecule has 0 aliphatic rings. The number of pyridine rings is 1. The molecule has 22 heavy (non-hydrogen) atoms. The molecule has 0 bridgehead atoms. The fraction of sp³-hybridized carbons (Fsp3) is 0.188. The van der Waals surface area contributed by atoms with E-state index in [0.29, 0.717) is 17.2 Å². The van der Waals surface area contributed by atoms with Gasteiger partial charge in [0.2, 0.25) is 0 Å². The van der Waals surface area contributed by atoms with Gasteiger partial charge in [0.05, 0.1) is 17.8 Å². The van der Waals surface area contributed by atoms with Gasteiger partial charge in [0.1, 0.15) is 9.71 Å². The Hall–Kier alpha value is -2.47. The first-order valence-corrected chi connectivity index (χ1v) is 7.71. The van der Waals surface area contributed by atoms with E-state index in [0.717, 1.165) is 26.7 Å². The second-order valence-electron chi connectivity index (χ2n) is 4.77. The number of fused-ring (bicyclic) bond motifs is 2. The van der Waals surface area contributed by atoms with Gasteiger partial charge in [0.15, 0.2) is 6.40 Å². The van der Waals surface area contributed by atoms with Gasteiger partial charge in [0, 0.05) is 10.8 Å². The lowest BCUT2D eigenvalue weighted by Gasteiger charge is -2.04. The van der Waals surface area contributed by atoms with Gasteiger partial charge in [-0.05, 0) is 25.5 Å². The van der Waals surface area contributed by atoms with Gasteiger partial charge >= 0.3 is 0 Å². The Morgan fingerprint density at radius 2 is 2.23 bits per heavy atom. The number of nitrogens with zero attached hydrogens (tertiary/aromatic N) is 2. The summed E-state index contributed by atoms with van der Waals surface area (Å²) in [7, 11) is 0. The average Bonchev–Trinajstić information content (AvgIpc) is 2.87. The number of ether oxygens (including phenoxy) is 1. The van der Waals surface area contributed by atoms with Gasteiger partial charge in [-0.3, -0.25) is 4.79 Å². The third-order valence-corrected chi connectivity index (χ3v) is 4.50. The molecule has 0 saturated carbocycles. The predicted octanol–water partition coefficient (Wildman–Crippen LogP) is 3.55. The van der Waals surface area contributed by atoms with E-state index in [4.69, 9.17) is 10.5 Å². The molecule has 0 atom stereocenters. The van der Waals surface area contributed by atoms with Crippen LogP contribution in [0.1, 0.15) is 22.2 Å². The first-order valence-electron chi connectivity index (χ1n) is 6.89. The van der Waals surface area contributed by atoms with Crippen molar-refractivity contribution in [1.29, 1.82) is 0 Å². The molecular weight excluding hydrogens is 298 g/mol. The molecule has 0 aliphatic heterocycles. The maximum absolute atomic E-state index is 11.7. The van der Waals surface area contributed by atoms with Gasteiger partial charge in [0.25, 0.3) is 5.91 Å². The zero-order valence-corrected chi connectivity index (χ0v) is 13.1. The number of nitrogens with two attached hydrogens (primary N) is 1. The van der Waals surface area contributed by atoms with Crippen molar-refractivity contribution in [2.75, 3.05) is 6.61 Å². The number of hydrogen-bond donors (Lipinski definition) is 1. The van der Waals surface area contributed by atoms with Crippen molar-refractivity contribution in [3.63, 3.8) is 0 Å². The number of carbonyl (C=O) groups is 1. The van der Waals surface area contributed by atoms with Crippen molar-refractivity contribution in [1.82, 2.24) is 4.98 Å². The molecule has 0 aliphatic carbocycles. The monoisotopic (exact) mass is 313 g/mol. The molecule has 3 aromatic rings. The van der Waals surface area contributed by atoms with E-state index in [1.54, 1.807) is 0 Å². The predicted molar refractivity (Wildman–Crippen MR) is 90.2 cm³/mol. The molecular formula is C16H15N3O2S. The molecule has 0 unspecified atom stereocenters. The number of benzene rings is 1. The normalized spacial score (nSPS) is 11.5. The second-order valence-corrected chi connectivity index (χ2v) is 5.77. The summed E-state index contributed by atoms with van der Waals surface area (Å²) in [6.45, 7) is 4.38. The number of para-hydroxylation sites is 1. The van der Waals surface area contributed by atoms with Crippen molar-refractivity contribution in [2.45, 2.75) is 13.8 Å². The molecule has 2 aromatic heterocycles. The average molecular weight is 313 g/mol. The minimum absolute atomic E-state index is 0.400. The number of rotatable bonds is 4. The van der Waals surface area contributed by atoms with E-state index < -0.39 is 5.91 Å². The minimum Gasteiger partial charge on any atom is -0.483 e. The van der Waals surface area contributed by atoms with Crippen LogP contribution in [0.3, 0.4) is 0 Å². The van der Waals surface area contributed by atoms with Gasteiger partial charge in [-0.15, -0.1) is 11.3 Å². The number of aliphatic imine (C=N–C) groups is 1. The van der Waals surface area contributed by atoms with Crippen LogP contribution in [0, 0.1) is 6.92 Å². The summed E-state index contributed by atoms with van der Waals surface area (Å²) in [5.41, 5.74) is 7.95. The zero-order valence-electron chi connectivity index (χ0n) is 12.3. The van der Waals surface area contributed by atoms with E-state index in [2.05, 4.69) is 9.98 Å². The Morgan fingerprint density at radius 1 is 1.45 bits per heavy atom. The summed E-state index contributed by atoms with van der Waals surface area (Å²) in [6.07, 6.45) is 1.35. The number of amides is 1. The van der Waals surface area contributed by atoms with Crippen LogP contribution >= 0.6 is 11.3 Å². The van der Waals surface area contributed by atoms with E-state index in [-0.39, 0.29) is 0 Å². The number of thiophene rings is 1. The number of carbonyl (C=O) groups excluding carboxylic acids is 1. The third kappa shape index (κ3) is 2.31. The van der Waals surface area contributed by atoms with Crippen LogP contribution in [0.5, 0.6) is 0 Å². The van der Waals surface area contributed by atoms with Gasteiger partial charge in [-0.1, -0.05) is 18.2 Å². The highest BCUT2D eigenvalue weighted by atomic mass is 32.1. The van der Waals surface area contributed by atoms with E-state index >= 15 is 0 Å². The Bertz CT molecular complexity index is 899. The van der Waals surface area contributed by atoms with E-state index in [9.17, 15) is 4.79 Å². The summed E-state index contributed by atoms with van der Waals surface area (Å²) in [5, 5.41) is 1.89. The van der Waals surface area contributed by atoms with Crippen molar-refractivity contribution in [2.24, 2.45) is 10.7 Å². The summed E-state index contributed by atoms with van der Waals surface area (Å²) in [6, 6.07) is 7.87. The molecule has 3 rings (SSSR count). The van der Waals surface area contributed by atoms with Crippen molar-refractivity contribution in [3.05, 3.63) is 34.7 Å². The molecule has 2 N–H and O–H groups in total. The molecule has 2 heterocycles. The van der Waals surface area contributed by atoms with Gasteiger partial charge in [-0.2, -0.15) is 0 Å². The molecule has 1 amide bonds. The molecule has 112 valence electrons. The van der Waals surface area contributed by atoms with Gasteiger partial charge < -0.3 is 10.5 Å².